The third-order valence-corrected chi connectivity index (χ3v) is 15.8. The summed E-state index contributed by atoms with van der Waals surface area (Å²) in [5, 5.41) is 15.4. The first-order chi connectivity index (χ1) is 28.7. The first-order valence-electron chi connectivity index (χ1n) is 21.0. The molecule has 2 aromatic rings. The van der Waals surface area contributed by atoms with Crippen LogP contribution in [0.1, 0.15) is 95.9 Å². The minimum atomic E-state index is -3.82. The highest BCUT2D eigenvalue weighted by atomic mass is 32.2. The number of anilines is 1. The number of amides is 4. The number of rotatable bonds is 9. The van der Waals surface area contributed by atoms with Crippen molar-refractivity contribution in [2.45, 2.75) is 113 Å². The zero-order valence-electron chi connectivity index (χ0n) is 34.7. The minimum Gasteiger partial charge on any atom is -0.387 e. The molecule has 4 aliphatic carbocycles. The maximum absolute atomic E-state index is 12.8. The molecule has 328 valence electrons. The summed E-state index contributed by atoms with van der Waals surface area (Å²) in [4.78, 5) is 39.1. The fourth-order valence-electron chi connectivity index (χ4n) is 9.53. The molecule has 8 rings (SSSR count). The summed E-state index contributed by atoms with van der Waals surface area (Å²) in [6.07, 6.45) is 16.1. The Hall–Kier alpha value is -4.28. The van der Waals surface area contributed by atoms with E-state index in [-0.39, 0.29) is 25.0 Å². The Morgan fingerprint density at radius 3 is 1.48 bits per heavy atom. The van der Waals surface area contributed by atoms with Crippen LogP contribution in [-0.4, -0.2) is 109 Å². The molecule has 0 aromatic heterocycles. The molecule has 2 aromatic carbocycles. The van der Waals surface area contributed by atoms with Gasteiger partial charge in [0, 0.05) is 46.1 Å². The molecule has 0 radical (unpaired) electrons. The molecule has 0 spiro atoms. The van der Waals surface area contributed by atoms with Crippen molar-refractivity contribution in [1.29, 1.82) is 5.26 Å². The van der Waals surface area contributed by atoms with Crippen LogP contribution >= 0.6 is 0 Å². The number of nitriles is 1. The summed E-state index contributed by atoms with van der Waals surface area (Å²) in [7, 11) is -4.37. The number of nitrogens with one attached hydrogen (secondary N) is 2. The molecule has 2 fully saturated rings. The quantitative estimate of drug-likeness (QED) is 0.310. The van der Waals surface area contributed by atoms with Crippen molar-refractivity contribution in [1.82, 2.24) is 14.5 Å². The number of primary sulfonamides is 1. The van der Waals surface area contributed by atoms with Gasteiger partial charge < -0.3 is 29.3 Å². The highest BCUT2D eigenvalue weighted by molar-refractivity contribution is 7.90. The smallest absolute Gasteiger partial charge is 0.332 e. The van der Waals surface area contributed by atoms with E-state index in [0.717, 1.165) is 86.8 Å². The number of fused-ring (bicyclic) bond motifs is 4. The van der Waals surface area contributed by atoms with E-state index in [1.807, 2.05) is 6.26 Å². The number of ether oxygens (including phenoxy) is 3. The number of sulfonamides is 2. The van der Waals surface area contributed by atoms with Gasteiger partial charge in [0.1, 0.15) is 19.0 Å². The fraction of sp³-hybridized carbons (Fsp3) is 0.619. The number of hydrogen-bond donors (Lipinski definition) is 3. The van der Waals surface area contributed by atoms with E-state index >= 15 is 0 Å². The molecular weight excluding hydrogens is 813 g/mol. The number of likely N-dealkylation sites (tertiary alicyclic amines) is 2. The van der Waals surface area contributed by atoms with E-state index in [2.05, 4.69) is 22.2 Å². The lowest BCUT2D eigenvalue weighted by Crippen LogP contribution is -2.48. The largest absolute Gasteiger partial charge is 0.387 e. The molecule has 16 nitrogen and oxygen atoms in total. The van der Waals surface area contributed by atoms with Gasteiger partial charge >= 0.3 is 6.03 Å². The van der Waals surface area contributed by atoms with Gasteiger partial charge in [-0.15, -0.1) is 5.26 Å². The highest BCUT2D eigenvalue weighted by Crippen LogP contribution is 2.40. The second-order valence-corrected chi connectivity index (χ2v) is 20.1. The van der Waals surface area contributed by atoms with Crippen molar-refractivity contribution in [3.8, 4) is 12.0 Å². The number of nitrogens with two attached hydrogens (primary N) is 1. The average Bonchev–Trinajstić information content (AvgIpc) is 4.06. The van der Waals surface area contributed by atoms with Crippen molar-refractivity contribution < 1.29 is 45.4 Å². The van der Waals surface area contributed by atoms with Crippen molar-refractivity contribution in [3.63, 3.8) is 0 Å². The first kappa shape index (κ1) is 45.3. The number of methoxy groups -OCH3 is 2. The number of carbonyl (C=O) groups is 3. The Morgan fingerprint density at radius 2 is 1.08 bits per heavy atom. The van der Waals surface area contributed by atoms with Gasteiger partial charge in [-0.1, -0.05) is 12.1 Å². The van der Waals surface area contributed by atoms with Crippen molar-refractivity contribution in [3.05, 3.63) is 56.6 Å². The Kier molecular flexibility index (Phi) is 15.1. The summed E-state index contributed by atoms with van der Waals surface area (Å²) < 4.78 is 64.6. The third-order valence-electron chi connectivity index (χ3n) is 12.5. The van der Waals surface area contributed by atoms with Gasteiger partial charge in [-0.05, 0) is 147 Å². The van der Waals surface area contributed by atoms with Crippen LogP contribution < -0.4 is 19.9 Å². The van der Waals surface area contributed by atoms with Gasteiger partial charge in [0.25, 0.3) is 6.26 Å². The van der Waals surface area contributed by atoms with Crippen LogP contribution in [0.4, 0.5) is 10.5 Å². The van der Waals surface area contributed by atoms with E-state index in [1.54, 1.807) is 9.80 Å². The molecule has 0 atom stereocenters. The molecule has 6 aliphatic rings. The summed E-state index contributed by atoms with van der Waals surface area (Å²) in [6.45, 7) is 1.58. The van der Waals surface area contributed by atoms with Crippen molar-refractivity contribution in [2.24, 2.45) is 5.14 Å². The first-order valence-corrected chi connectivity index (χ1v) is 24.2. The zero-order chi connectivity index (χ0) is 43.0. The van der Waals surface area contributed by atoms with Gasteiger partial charge in [0.15, 0.2) is 0 Å². The molecule has 4 amide bonds. The lowest BCUT2D eigenvalue weighted by Gasteiger charge is -2.31. The normalized spacial score (nSPS) is 18.4. The van der Waals surface area contributed by atoms with Crippen LogP contribution in [0.2, 0.25) is 0 Å². The van der Waals surface area contributed by atoms with E-state index in [9.17, 15) is 31.2 Å². The predicted molar refractivity (Wildman–Crippen MR) is 224 cm³/mol. The molecular formula is C42H58N6O10S2. The van der Waals surface area contributed by atoms with Crippen LogP contribution in [0.25, 0.3) is 0 Å². The van der Waals surface area contributed by atoms with Crippen molar-refractivity contribution >= 4 is 43.6 Å². The molecule has 0 saturated carbocycles. The van der Waals surface area contributed by atoms with Crippen LogP contribution in [-0.2, 0) is 90.5 Å². The topological polar surface area (TPSA) is 228 Å². The molecule has 2 aliphatic heterocycles. The number of piperidine rings is 2. The van der Waals surface area contributed by atoms with Crippen LogP contribution in [0.3, 0.4) is 0 Å². The number of nitrogens with zero attached hydrogens (tertiary/aromatic N) is 3. The second kappa shape index (κ2) is 20.1. The number of benzene rings is 2. The fourth-order valence-corrected chi connectivity index (χ4v) is 11.7. The summed E-state index contributed by atoms with van der Waals surface area (Å²) >= 11 is 0. The van der Waals surface area contributed by atoms with Gasteiger partial charge in [-0.3, -0.25) is 9.59 Å². The molecule has 4 N–H and O–H groups in total. The van der Waals surface area contributed by atoms with Crippen LogP contribution in [0.5, 0.6) is 5.75 Å². The van der Waals surface area contributed by atoms with Gasteiger partial charge in [-0.2, -0.15) is 0 Å². The lowest BCUT2D eigenvalue weighted by atomic mass is 9.99. The molecule has 18 heteroatoms. The second-order valence-electron chi connectivity index (χ2n) is 16.3. The third kappa shape index (κ3) is 10.8. The number of urea groups is 1. The SMILES string of the molecule is COCC(=O)N1CCC(S(=O)(=O)NC(=O)Nc2c3c(cc4c2CCC4)CCC3)CC1.COCC(=O)N1CCC(S(N)(=O)=O)CC1.N#COc1c2c(cc3c1CCC3)CCC2. The molecule has 2 saturated heterocycles. The Bertz CT molecular complexity index is 2130. The minimum absolute atomic E-state index is 0.0101. The van der Waals surface area contributed by atoms with Crippen molar-refractivity contribution in [2.75, 3.05) is 58.9 Å². The Balaban J connectivity index is 0.000000168. The average molecular weight is 871 g/mol. The Labute approximate surface area is 353 Å². The molecule has 0 bridgehead atoms. The standard InChI is InChI=1S/C21H29N3O5S.C13H13NO.C8H16N2O4S/c1-29-13-19(25)24-10-8-16(9-11-24)30(27,28)23-21(26)22-20-17-6-2-4-14(17)12-15-5-3-7-18(15)20;14-8-15-13-11-5-1-3-9(11)7-10-4-2-6-12(10)13;1-14-6-8(11)10-4-2-7(3-5-10)15(9,12)13/h12,16H,2-11,13H2,1H3,(H2,22,23,26);7H,1-6H2;7H,2-6H2,1H3,(H2,9,12,13). The maximum Gasteiger partial charge on any atom is 0.332 e. The van der Waals surface area contributed by atoms with E-state index < -0.39 is 36.6 Å². The predicted octanol–water partition coefficient (Wildman–Crippen LogP) is 3.19. The maximum atomic E-state index is 12.8. The monoisotopic (exact) mass is 870 g/mol. The van der Waals surface area contributed by atoms with Crippen LogP contribution in [0, 0.1) is 11.5 Å². The molecule has 60 heavy (non-hydrogen) atoms. The number of aryl methyl sites for hydroxylation is 4. The lowest BCUT2D eigenvalue weighted by molar-refractivity contribution is -0.136. The molecule has 0 unspecified atom stereocenters. The summed E-state index contributed by atoms with van der Waals surface area (Å²) in [6, 6.07) is 3.92. The van der Waals surface area contributed by atoms with Gasteiger partial charge in [-0.25, -0.2) is 31.5 Å². The zero-order valence-corrected chi connectivity index (χ0v) is 36.3. The summed E-state index contributed by atoms with van der Waals surface area (Å²) in [5.41, 5.74) is 11.1. The van der Waals surface area contributed by atoms with E-state index in [0.29, 0.717) is 51.9 Å². The van der Waals surface area contributed by atoms with Crippen LogP contribution in [0.15, 0.2) is 12.1 Å². The van der Waals surface area contributed by atoms with E-state index in [1.165, 1.54) is 60.4 Å². The van der Waals surface area contributed by atoms with Gasteiger partial charge in [0.05, 0.1) is 10.5 Å². The molecule has 2 heterocycles. The number of carbonyl (C=O) groups excluding carboxylic acids is 3. The highest BCUT2D eigenvalue weighted by Gasteiger charge is 2.34. The summed E-state index contributed by atoms with van der Waals surface area (Å²) in [5.74, 6) is 0.649. The number of hydrogen-bond acceptors (Lipinski definition) is 11. The van der Waals surface area contributed by atoms with E-state index in [4.69, 9.17) is 24.6 Å². The Morgan fingerprint density at radius 1 is 0.683 bits per heavy atom. The van der Waals surface area contributed by atoms with Gasteiger partial charge in [0.2, 0.25) is 31.9 Å².